The molecule has 2 aliphatic rings. The lowest BCUT2D eigenvalue weighted by Gasteiger charge is -2.32. The van der Waals surface area contributed by atoms with Crippen LogP contribution in [0, 0.1) is 13.8 Å². The van der Waals surface area contributed by atoms with E-state index < -0.39 is 0 Å². The van der Waals surface area contributed by atoms with Crippen LogP contribution >= 0.6 is 0 Å². The number of rotatable bonds is 3. The summed E-state index contributed by atoms with van der Waals surface area (Å²) in [6, 6.07) is 6.36. The second kappa shape index (κ2) is 4.70. The van der Waals surface area contributed by atoms with Crippen LogP contribution in [-0.4, -0.2) is 24.6 Å². The summed E-state index contributed by atoms with van der Waals surface area (Å²) in [7, 11) is 0. The van der Waals surface area contributed by atoms with E-state index in [4.69, 9.17) is 4.74 Å². The number of ether oxygens (including phenoxy) is 1. The predicted octanol–water partition coefficient (Wildman–Crippen LogP) is 0.830. The maximum atomic E-state index is 5.09. The molecule has 96 valence electrons. The number of aryl methyl sites for hydroxylation is 1. The lowest BCUT2D eigenvalue weighted by Crippen LogP contribution is -2.56. The quantitative estimate of drug-likeness (QED) is 0.737. The van der Waals surface area contributed by atoms with Gasteiger partial charge < -0.3 is 10.2 Å². The van der Waals surface area contributed by atoms with Crippen molar-refractivity contribution in [2.45, 2.75) is 20.0 Å². The summed E-state index contributed by atoms with van der Waals surface area (Å²) < 4.78 is 5.09. The largest absolute Gasteiger partial charge is 0.348 e. The molecule has 5 nitrogen and oxygen atoms in total. The summed E-state index contributed by atoms with van der Waals surface area (Å²) in [5, 5.41) is 2.02. The molecule has 5 heteroatoms. The van der Waals surface area contributed by atoms with Crippen molar-refractivity contribution in [3.63, 3.8) is 0 Å². The average Bonchev–Trinajstić information content (AvgIpc) is 2.76. The highest BCUT2D eigenvalue weighted by molar-refractivity contribution is 5.69. The summed E-state index contributed by atoms with van der Waals surface area (Å²) in [6.07, 6.45) is 2.25. The summed E-state index contributed by atoms with van der Waals surface area (Å²) in [5.74, 6) is 0. The zero-order valence-electron chi connectivity index (χ0n) is 10.7. The van der Waals surface area contributed by atoms with Crippen molar-refractivity contribution in [1.82, 2.24) is 21.3 Å². The molecule has 0 saturated carbocycles. The van der Waals surface area contributed by atoms with Crippen molar-refractivity contribution in [2.75, 3.05) is 13.5 Å². The van der Waals surface area contributed by atoms with Gasteiger partial charge in [0.05, 0.1) is 5.70 Å². The van der Waals surface area contributed by atoms with Crippen molar-refractivity contribution in [2.24, 2.45) is 0 Å². The van der Waals surface area contributed by atoms with Crippen LogP contribution in [0.2, 0.25) is 0 Å². The van der Waals surface area contributed by atoms with E-state index in [0.29, 0.717) is 13.5 Å². The van der Waals surface area contributed by atoms with Crippen LogP contribution in [0.5, 0.6) is 0 Å². The molecule has 0 bridgehead atoms. The van der Waals surface area contributed by atoms with E-state index in [1.54, 1.807) is 0 Å². The SMILES string of the molecule is Cc1cccc(C2=CC(NN3COC3)NN2)c1C. The molecule has 1 aromatic carbocycles. The number of hydrazine groups is 2. The maximum Gasteiger partial charge on any atom is 0.116 e. The van der Waals surface area contributed by atoms with Gasteiger partial charge in [-0.2, -0.15) is 5.01 Å². The molecule has 0 radical (unpaired) electrons. The van der Waals surface area contributed by atoms with Gasteiger partial charge in [-0.15, -0.1) is 0 Å². The van der Waals surface area contributed by atoms with Gasteiger partial charge in [-0.3, -0.25) is 0 Å². The second-order valence-electron chi connectivity index (χ2n) is 4.71. The van der Waals surface area contributed by atoms with Gasteiger partial charge in [0, 0.05) is 5.56 Å². The third kappa shape index (κ3) is 2.13. The van der Waals surface area contributed by atoms with E-state index in [9.17, 15) is 0 Å². The molecule has 2 heterocycles. The first kappa shape index (κ1) is 11.7. The molecule has 1 saturated heterocycles. The Morgan fingerprint density at radius 1 is 1.33 bits per heavy atom. The predicted molar refractivity (Wildman–Crippen MR) is 69.7 cm³/mol. The zero-order chi connectivity index (χ0) is 12.5. The maximum absolute atomic E-state index is 5.09. The van der Waals surface area contributed by atoms with Crippen LogP contribution in [0.15, 0.2) is 24.3 Å². The van der Waals surface area contributed by atoms with Gasteiger partial charge in [0.15, 0.2) is 0 Å². The third-order valence-corrected chi connectivity index (χ3v) is 3.41. The number of hydrogen-bond donors (Lipinski definition) is 3. The van der Waals surface area contributed by atoms with Gasteiger partial charge in [-0.05, 0) is 31.1 Å². The van der Waals surface area contributed by atoms with Crippen LogP contribution in [0.1, 0.15) is 16.7 Å². The Bertz CT molecular complexity index is 482. The molecule has 3 N–H and O–H groups in total. The van der Waals surface area contributed by atoms with E-state index in [2.05, 4.69) is 54.4 Å². The molecular formula is C13H18N4O. The number of hydrogen-bond acceptors (Lipinski definition) is 5. The van der Waals surface area contributed by atoms with Crippen molar-refractivity contribution in [1.29, 1.82) is 0 Å². The Balaban J connectivity index is 1.76. The summed E-state index contributed by atoms with van der Waals surface area (Å²) >= 11 is 0. The summed E-state index contributed by atoms with van der Waals surface area (Å²) in [4.78, 5) is 0. The van der Waals surface area contributed by atoms with Crippen LogP contribution in [0.3, 0.4) is 0 Å². The van der Waals surface area contributed by atoms with Gasteiger partial charge in [0.2, 0.25) is 0 Å². The fraction of sp³-hybridized carbons (Fsp3) is 0.385. The highest BCUT2D eigenvalue weighted by Crippen LogP contribution is 2.21. The minimum atomic E-state index is 0.101. The van der Waals surface area contributed by atoms with Gasteiger partial charge in [-0.25, -0.2) is 10.9 Å². The Hall–Kier alpha value is -1.40. The van der Waals surface area contributed by atoms with Crippen LogP contribution < -0.4 is 16.3 Å². The Labute approximate surface area is 107 Å². The molecule has 18 heavy (non-hydrogen) atoms. The van der Waals surface area contributed by atoms with Crippen LogP contribution in [0.4, 0.5) is 0 Å². The van der Waals surface area contributed by atoms with E-state index in [1.807, 2.05) is 5.01 Å². The number of benzene rings is 1. The van der Waals surface area contributed by atoms with Crippen molar-refractivity contribution >= 4 is 5.70 Å². The Kier molecular flexibility index (Phi) is 3.05. The molecule has 1 aromatic rings. The molecule has 1 atom stereocenters. The zero-order valence-corrected chi connectivity index (χ0v) is 10.7. The molecule has 2 aliphatic heterocycles. The van der Waals surface area contributed by atoms with Crippen LogP contribution in [-0.2, 0) is 4.74 Å². The topological polar surface area (TPSA) is 48.6 Å². The minimum Gasteiger partial charge on any atom is -0.348 e. The van der Waals surface area contributed by atoms with Crippen molar-refractivity contribution < 1.29 is 4.74 Å². The molecule has 0 aliphatic carbocycles. The van der Waals surface area contributed by atoms with E-state index >= 15 is 0 Å². The third-order valence-electron chi connectivity index (χ3n) is 3.41. The normalized spacial score (nSPS) is 23.4. The van der Waals surface area contributed by atoms with Gasteiger partial charge >= 0.3 is 0 Å². The summed E-state index contributed by atoms with van der Waals surface area (Å²) in [6.45, 7) is 5.57. The molecule has 1 unspecified atom stereocenters. The lowest BCUT2D eigenvalue weighted by molar-refractivity contribution is -0.177. The highest BCUT2D eigenvalue weighted by atomic mass is 16.6. The first-order valence-electron chi connectivity index (χ1n) is 6.13. The standard InChI is InChI=1S/C13H18N4O/c1-9-4-3-5-11(10(9)2)12-6-13(15-14-12)16-17-7-18-8-17/h3-6,13-16H,7-8H2,1-2H3. The molecule has 1 fully saturated rings. The van der Waals surface area contributed by atoms with E-state index in [1.165, 1.54) is 16.7 Å². The Morgan fingerprint density at radius 3 is 2.89 bits per heavy atom. The lowest BCUT2D eigenvalue weighted by atomic mass is 10.0. The second-order valence-corrected chi connectivity index (χ2v) is 4.71. The molecule has 0 amide bonds. The number of nitrogens with one attached hydrogen (secondary N) is 3. The highest BCUT2D eigenvalue weighted by Gasteiger charge is 2.22. The summed E-state index contributed by atoms with van der Waals surface area (Å²) in [5.41, 5.74) is 14.7. The first-order valence-corrected chi connectivity index (χ1v) is 6.13. The van der Waals surface area contributed by atoms with E-state index in [0.717, 1.165) is 5.70 Å². The monoisotopic (exact) mass is 246 g/mol. The van der Waals surface area contributed by atoms with Crippen molar-refractivity contribution in [3.05, 3.63) is 41.0 Å². The van der Waals surface area contributed by atoms with Gasteiger partial charge in [-0.1, -0.05) is 18.2 Å². The van der Waals surface area contributed by atoms with Crippen LogP contribution in [0.25, 0.3) is 5.70 Å². The fourth-order valence-corrected chi connectivity index (χ4v) is 2.13. The van der Waals surface area contributed by atoms with E-state index in [-0.39, 0.29) is 6.17 Å². The smallest absolute Gasteiger partial charge is 0.116 e. The Morgan fingerprint density at radius 2 is 2.17 bits per heavy atom. The van der Waals surface area contributed by atoms with Gasteiger partial charge in [0.1, 0.15) is 19.6 Å². The van der Waals surface area contributed by atoms with Crippen molar-refractivity contribution in [3.8, 4) is 0 Å². The molecular weight excluding hydrogens is 228 g/mol. The molecule has 3 rings (SSSR count). The molecule has 0 spiro atoms. The number of nitrogens with zero attached hydrogens (tertiary/aromatic N) is 1. The van der Waals surface area contributed by atoms with Gasteiger partial charge in [0.25, 0.3) is 0 Å². The fourth-order valence-electron chi connectivity index (χ4n) is 2.13. The first-order chi connectivity index (χ1) is 8.74. The minimum absolute atomic E-state index is 0.101. The average molecular weight is 246 g/mol. The molecule has 0 aromatic heterocycles.